The number of benzene rings is 1. The molecule has 1 aromatic carbocycles. The zero-order valence-electron chi connectivity index (χ0n) is 10.2. The van der Waals surface area contributed by atoms with Crippen molar-refractivity contribution in [3.8, 4) is 0 Å². The van der Waals surface area contributed by atoms with Crippen LogP contribution in [0.1, 0.15) is 5.56 Å². The first-order chi connectivity index (χ1) is 9.65. The minimum atomic E-state index is -0.236. The molecule has 3 aromatic rings. The Hall–Kier alpha value is -1.36. The van der Waals surface area contributed by atoms with Gasteiger partial charge in [-0.15, -0.1) is 11.3 Å². The number of fused-ring (bicyclic) bond motifs is 1. The van der Waals surface area contributed by atoms with Crippen LogP contribution in [0.15, 0.2) is 35.7 Å². The fourth-order valence-corrected chi connectivity index (χ4v) is 3.29. The van der Waals surface area contributed by atoms with Gasteiger partial charge in [0.25, 0.3) is 0 Å². The fraction of sp³-hybridized carbons (Fsp3) is 0.0714. The average Bonchev–Trinajstić information content (AvgIpc) is 2.79. The second kappa shape index (κ2) is 5.56. The maximum Gasteiger partial charge on any atom is 0.131 e. The normalized spacial score (nSPS) is 10.9. The quantitative estimate of drug-likeness (QED) is 0.656. The largest absolute Gasteiger partial charge is 0.380 e. The van der Waals surface area contributed by atoms with Crippen LogP contribution in [0.2, 0.25) is 10.2 Å². The number of thiophene rings is 1. The first-order valence-electron chi connectivity index (χ1n) is 5.85. The first kappa shape index (κ1) is 13.6. The molecule has 3 rings (SSSR count). The van der Waals surface area contributed by atoms with Crippen molar-refractivity contribution in [2.24, 2.45) is 0 Å². The maximum absolute atomic E-state index is 13.6. The van der Waals surface area contributed by atoms with E-state index < -0.39 is 0 Å². The summed E-state index contributed by atoms with van der Waals surface area (Å²) in [6, 6.07) is 8.37. The molecule has 0 radical (unpaired) electrons. The first-order valence-corrected chi connectivity index (χ1v) is 7.49. The topological polar surface area (TPSA) is 24.9 Å². The van der Waals surface area contributed by atoms with Gasteiger partial charge in [-0.2, -0.15) is 0 Å². The van der Waals surface area contributed by atoms with Gasteiger partial charge < -0.3 is 5.32 Å². The molecule has 0 spiro atoms. The summed E-state index contributed by atoms with van der Waals surface area (Å²) in [6.45, 7) is 0.373. The van der Waals surface area contributed by atoms with Crippen LogP contribution < -0.4 is 5.32 Å². The minimum Gasteiger partial charge on any atom is -0.380 e. The highest BCUT2D eigenvalue weighted by atomic mass is 35.5. The molecule has 0 bridgehead atoms. The van der Waals surface area contributed by atoms with Crippen molar-refractivity contribution >= 4 is 50.4 Å². The number of halogens is 3. The molecule has 6 heteroatoms. The maximum atomic E-state index is 13.6. The molecule has 0 aliphatic heterocycles. The van der Waals surface area contributed by atoms with Crippen molar-refractivity contribution in [1.29, 1.82) is 0 Å². The van der Waals surface area contributed by atoms with Gasteiger partial charge in [-0.25, -0.2) is 9.37 Å². The van der Waals surface area contributed by atoms with E-state index in [1.807, 2.05) is 5.38 Å². The zero-order chi connectivity index (χ0) is 14.1. The minimum absolute atomic E-state index is 0.236. The second-order valence-corrected chi connectivity index (χ2v) is 5.87. The van der Waals surface area contributed by atoms with Gasteiger partial charge in [0.15, 0.2) is 0 Å². The van der Waals surface area contributed by atoms with Crippen molar-refractivity contribution < 1.29 is 4.39 Å². The van der Waals surface area contributed by atoms with E-state index in [2.05, 4.69) is 10.3 Å². The van der Waals surface area contributed by atoms with E-state index in [-0.39, 0.29) is 5.82 Å². The van der Waals surface area contributed by atoms with Gasteiger partial charge in [-0.3, -0.25) is 0 Å². The fourth-order valence-electron chi connectivity index (χ4n) is 1.91. The molecule has 2 aromatic heterocycles. The molecule has 2 nitrogen and oxygen atoms in total. The molecule has 0 saturated heterocycles. The average molecular weight is 327 g/mol. The van der Waals surface area contributed by atoms with Gasteiger partial charge in [0.2, 0.25) is 0 Å². The Kier molecular flexibility index (Phi) is 3.78. The predicted octanol–water partition coefficient (Wildman–Crippen LogP) is 5.35. The zero-order valence-corrected chi connectivity index (χ0v) is 12.5. The number of rotatable bonds is 3. The number of aromatic nitrogens is 1. The molecule has 0 atom stereocenters. The molecular formula is C14H9Cl2FN2S. The SMILES string of the molecule is Fc1ccccc1CNc1cc(Cl)nc2c(Cl)csc12. The van der Waals surface area contributed by atoms with Crippen LogP contribution in [0.4, 0.5) is 10.1 Å². The highest BCUT2D eigenvalue weighted by Crippen LogP contribution is 2.35. The summed E-state index contributed by atoms with van der Waals surface area (Å²) in [5.41, 5.74) is 2.07. The van der Waals surface area contributed by atoms with E-state index in [0.717, 1.165) is 10.4 Å². The number of hydrogen-bond donors (Lipinski definition) is 1. The Labute approximate surface area is 129 Å². The van der Waals surface area contributed by atoms with E-state index in [4.69, 9.17) is 23.2 Å². The van der Waals surface area contributed by atoms with E-state index in [0.29, 0.717) is 27.8 Å². The van der Waals surface area contributed by atoms with Crippen LogP contribution in [-0.2, 0) is 6.54 Å². The summed E-state index contributed by atoms with van der Waals surface area (Å²) in [7, 11) is 0. The van der Waals surface area contributed by atoms with Gasteiger partial charge in [-0.1, -0.05) is 41.4 Å². The van der Waals surface area contributed by atoms with Crippen LogP contribution in [0.25, 0.3) is 10.2 Å². The van der Waals surface area contributed by atoms with Crippen molar-refractivity contribution in [3.63, 3.8) is 0 Å². The lowest BCUT2D eigenvalue weighted by Gasteiger charge is -2.09. The van der Waals surface area contributed by atoms with Gasteiger partial charge in [0, 0.05) is 23.6 Å². The van der Waals surface area contributed by atoms with Gasteiger partial charge in [0.05, 0.1) is 15.4 Å². The third-order valence-corrected chi connectivity index (χ3v) is 4.49. The summed E-state index contributed by atoms with van der Waals surface area (Å²) in [5.74, 6) is -0.236. The third kappa shape index (κ3) is 2.59. The molecule has 0 fully saturated rings. The number of anilines is 1. The molecule has 102 valence electrons. The van der Waals surface area contributed by atoms with Crippen LogP contribution in [0.3, 0.4) is 0 Å². The molecule has 0 aliphatic carbocycles. The van der Waals surface area contributed by atoms with Gasteiger partial charge >= 0.3 is 0 Å². The van der Waals surface area contributed by atoms with Crippen LogP contribution >= 0.6 is 34.5 Å². The summed E-state index contributed by atoms with van der Waals surface area (Å²) >= 11 is 13.5. The van der Waals surface area contributed by atoms with Crippen LogP contribution in [0.5, 0.6) is 0 Å². The number of pyridine rings is 1. The number of nitrogens with one attached hydrogen (secondary N) is 1. The van der Waals surface area contributed by atoms with Gasteiger partial charge in [0.1, 0.15) is 16.5 Å². The number of nitrogens with zero attached hydrogens (tertiary/aromatic N) is 1. The smallest absolute Gasteiger partial charge is 0.131 e. The van der Waals surface area contributed by atoms with Crippen LogP contribution in [-0.4, -0.2) is 4.98 Å². The Morgan fingerprint density at radius 1 is 1.25 bits per heavy atom. The molecule has 0 unspecified atom stereocenters. The lowest BCUT2D eigenvalue weighted by Crippen LogP contribution is -2.02. The monoisotopic (exact) mass is 326 g/mol. The Morgan fingerprint density at radius 2 is 2.05 bits per heavy atom. The van der Waals surface area contributed by atoms with E-state index in [1.165, 1.54) is 17.4 Å². The number of hydrogen-bond acceptors (Lipinski definition) is 3. The van der Waals surface area contributed by atoms with E-state index >= 15 is 0 Å². The van der Waals surface area contributed by atoms with E-state index in [1.54, 1.807) is 24.3 Å². The van der Waals surface area contributed by atoms with Crippen molar-refractivity contribution in [2.45, 2.75) is 6.54 Å². The van der Waals surface area contributed by atoms with Gasteiger partial charge in [-0.05, 0) is 6.07 Å². The lowest BCUT2D eigenvalue weighted by atomic mass is 10.2. The van der Waals surface area contributed by atoms with Crippen molar-refractivity contribution in [2.75, 3.05) is 5.32 Å². The molecule has 0 saturated carbocycles. The highest BCUT2D eigenvalue weighted by Gasteiger charge is 2.10. The highest BCUT2D eigenvalue weighted by molar-refractivity contribution is 7.18. The molecule has 0 aliphatic rings. The molecule has 1 N–H and O–H groups in total. The summed E-state index contributed by atoms with van der Waals surface area (Å²) in [5, 5.41) is 5.92. The molecule has 0 amide bonds. The summed E-state index contributed by atoms with van der Waals surface area (Å²) in [6.07, 6.45) is 0. The lowest BCUT2D eigenvalue weighted by molar-refractivity contribution is 0.613. The van der Waals surface area contributed by atoms with Crippen molar-refractivity contribution in [3.05, 3.63) is 57.3 Å². The molecule has 2 heterocycles. The molecular weight excluding hydrogens is 318 g/mol. The second-order valence-electron chi connectivity index (χ2n) is 4.20. The molecule has 20 heavy (non-hydrogen) atoms. The van der Waals surface area contributed by atoms with E-state index in [9.17, 15) is 4.39 Å². The Bertz CT molecular complexity index is 773. The Balaban J connectivity index is 1.93. The third-order valence-electron chi connectivity index (χ3n) is 2.88. The summed E-state index contributed by atoms with van der Waals surface area (Å²) < 4.78 is 14.5. The van der Waals surface area contributed by atoms with Crippen LogP contribution in [0, 0.1) is 5.82 Å². The predicted molar refractivity (Wildman–Crippen MR) is 83.4 cm³/mol. The summed E-state index contributed by atoms with van der Waals surface area (Å²) in [4.78, 5) is 4.20. The Morgan fingerprint density at radius 3 is 2.85 bits per heavy atom. The van der Waals surface area contributed by atoms with Crippen molar-refractivity contribution in [1.82, 2.24) is 4.98 Å². The standard InChI is InChI=1S/C14H9Cl2FN2S/c15-9-7-20-14-11(5-12(16)19-13(9)14)18-6-8-3-1-2-4-10(8)17/h1-5,7H,6H2,(H,18,19).